The summed E-state index contributed by atoms with van der Waals surface area (Å²) in [6.45, 7) is 3.40. The highest BCUT2D eigenvalue weighted by Gasteiger charge is 2.27. The van der Waals surface area contributed by atoms with Gasteiger partial charge in [-0.1, -0.05) is 74.2 Å². The first-order chi connectivity index (χ1) is 15.7. The Balaban J connectivity index is 1.56. The predicted octanol–water partition coefficient (Wildman–Crippen LogP) is 7.12. The van der Waals surface area contributed by atoms with Crippen molar-refractivity contribution in [3.05, 3.63) is 88.7 Å². The van der Waals surface area contributed by atoms with Gasteiger partial charge in [-0.3, -0.25) is 0 Å². The maximum absolute atomic E-state index is 13.5. The number of hydrogen-bond acceptors (Lipinski definition) is 1. The fourth-order valence-corrected chi connectivity index (χ4v) is 4.82. The number of halogens is 1. The lowest BCUT2D eigenvalue weighted by Gasteiger charge is -2.35. The minimum Gasteiger partial charge on any atom is -0.345 e. The third-order valence-electron chi connectivity index (χ3n) is 6.47. The minimum atomic E-state index is -0.0108. The van der Waals surface area contributed by atoms with Crippen LogP contribution in [0.5, 0.6) is 0 Å². The van der Waals surface area contributed by atoms with Crippen molar-refractivity contribution in [2.24, 2.45) is 0 Å². The van der Waals surface area contributed by atoms with E-state index in [-0.39, 0.29) is 12.1 Å². The van der Waals surface area contributed by atoms with E-state index in [9.17, 15) is 4.79 Å². The first-order valence-corrected chi connectivity index (χ1v) is 12.1. The molecule has 168 valence electrons. The Labute approximate surface area is 196 Å². The standard InChI is InChI=1S/C27H32ClN3O/c1-2-21-11-7-9-17-26(21)29-27(32)31(23-13-4-3-5-14-23)20-24-15-10-18-30(24)19-22-12-6-8-16-25(22)28/h6-12,15-18,23H,2-5,13-14,19-20H2,1H3,(H,29,32). The molecule has 5 heteroatoms. The highest BCUT2D eigenvalue weighted by Crippen LogP contribution is 2.26. The van der Waals surface area contributed by atoms with Crippen LogP contribution in [0.15, 0.2) is 66.9 Å². The summed E-state index contributed by atoms with van der Waals surface area (Å²) < 4.78 is 2.20. The molecular formula is C27H32ClN3O. The van der Waals surface area contributed by atoms with E-state index in [1.807, 2.05) is 41.3 Å². The number of anilines is 1. The number of amides is 2. The monoisotopic (exact) mass is 449 g/mol. The van der Waals surface area contributed by atoms with Crippen molar-refractivity contribution in [2.75, 3.05) is 5.32 Å². The molecule has 0 bridgehead atoms. The molecule has 1 aliphatic rings. The summed E-state index contributed by atoms with van der Waals surface area (Å²) >= 11 is 6.40. The minimum absolute atomic E-state index is 0.0108. The molecule has 0 atom stereocenters. The summed E-state index contributed by atoms with van der Waals surface area (Å²) in [6, 6.07) is 20.4. The van der Waals surface area contributed by atoms with Gasteiger partial charge in [-0.15, -0.1) is 0 Å². The first-order valence-electron chi connectivity index (χ1n) is 11.7. The number of aryl methyl sites for hydroxylation is 1. The van der Waals surface area contributed by atoms with Gasteiger partial charge in [-0.2, -0.15) is 0 Å². The summed E-state index contributed by atoms with van der Waals surface area (Å²) in [5.74, 6) is 0. The fourth-order valence-electron chi connectivity index (χ4n) is 4.63. The molecule has 1 saturated carbocycles. The Morgan fingerprint density at radius 3 is 2.47 bits per heavy atom. The van der Waals surface area contributed by atoms with E-state index in [0.29, 0.717) is 13.1 Å². The second kappa shape index (κ2) is 10.7. The zero-order valence-corrected chi connectivity index (χ0v) is 19.5. The van der Waals surface area contributed by atoms with Crippen molar-refractivity contribution in [2.45, 2.75) is 64.6 Å². The van der Waals surface area contributed by atoms with E-state index in [0.717, 1.165) is 46.8 Å². The Kier molecular flexibility index (Phi) is 7.54. The molecule has 2 amide bonds. The Bertz CT molecular complexity index is 1040. The molecule has 0 radical (unpaired) electrons. The van der Waals surface area contributed by atoms with Gasteiger partial charge in [0, 0.05) is 35.2 Å². The van der Waals surface area contributed by atoms with Crippen molar-refractivity contribution < 1.29 is 4.79 Å². The quantitative estimate of drug-likeness (QED) is 0.409. The smallest absolute Gasteiger partial charge is 0.322 e. The largest absolute Gasteiger partial charge is 0.345 e. The van der Waals surface area contributed by atoms with Crippen LogP contribution < -0.4 is 5.32 Å². The topological polar surface area (TPSA) is 37.3 Å². The summed E-state index contributed by atoms with van der Waals surface area (Å²) in [6.07, 6.45) is 8.71. The SMILES string of the molecule is CCc1ccccc1NC(=O)N(Cc1cccn1Cc1ccccc1Cl)C1CCCCC1. The number of urea groups is 1. The molecular weight excluding hydrogens is 418 g/mol. The van der Waals surface area contributed by atoms with E-state index in [1.165, 1.54) is 19.3 Å². The van der Waals surface area contributed by atoms with Crippen LogP contribution in [-0.4, -0.2) is 21.5 Å². The zero-order chi connectivity index (χ0) is 22.3. The van der Waals surface area contributed by atoms with Gasteiger partial charge in [0.15, 0.2) is 0 Å². The molecule has 1 N–H and O–H groups in total. The molecule has 4 rings (SSSR count). The van der Waals surface area contributed by atoms with Gasteiger partial charge in [0.2, 0.25) is 0 Å². The van der Waals surface area contributed by atoms with Crippen LogP contribution in [0, 0.1) is 0 Å². The Morgan fingerprint density at radius 1 is 1.00 bits per heavy atom. The third kappa shape index (κ3) is 5.36. The summed E-state index contributed by atoms with van der Waals surface area (Å²) in [5.41, 5.74) is 4.27. The average molecular weight is 450 g/mol. The molecule has 0 saturated heterocycles. The van der Waals surface area contributed by atoms with Crippen LogP contribution in [0.3, 0.4) is 0 Å². The van der Waals surface area contributed by atoms with Crippen LogP contribution in [0.2, 0.25) is 5.02 Å². The Hall–Kier alpha value is -2.72. The van der Waals surface area contributed by atoms with Gasteiger partial charge in [0.05, 0.1) is 6.54 Å². The van der Waals surface area contributed by atoms with Crippen molar-refractivity contribution >= 4 is 23.3 Å². The number of nitrogens with one attached hydrogen (secondary N) is 1. The molecule has 32 heavy (non-hydrogen) atoms. The molecule has 2 aromatic carbocycles. The van der Waals surface area contributed by atoms with E-state index in [2.05, 4.69) is 47.3 Å². The highest BCUT2D eigenvalue weighted by molar-refractivity contribution is 6.31. The number of aromatic nitrogens is 1. The first kappa shape index (κ1) is 22.5. The van der Waals surface area contributed by atoms with Crippen molar-refractivity contribution in [3.63, 3.8) is 0 Å². The molecule has 0 aliphatic heterocycles. The van der Waals surface area contributed by atoms with Gasteiger partial charge >= 0.3 is 6.03 Å². The third-order valence-corrected chi connectivity index (χ3v) is 6.84. The van der Waals surface area contributed by atoms with Crippen LogP contribution in [-0.2, 0) is 19.5 Å². The maximum Gasteiger partial charge on any atom is 0.322 e. The van der Waals surface area contributed by atoms with Gasteiger partial charge in [0.1, 0.15) is 0 Å². The predicted molar refractivity (Wildman–Crippen MR) is 132 cm³/mol. The van der Waals surface area contributed by atoms with E-state index >= 15 is 0 Å². The molecule has 4 nitrogen and oxygen atoms in total. The summed E-state index contributed by atoms with van der Waals surface area (Å²) in [4.78, 5) is 15.6. The van der Waals surface area contributed by atoms with E-state index in [4.69, 9.17) is 11.6 Å². The molecule has 0 unspecified atom stereocenters. The normalized spacial score (nSPS) is 14.3. The van der Waals surface area contributed by atoms with E-state index in [1.54, 1.807) is 0 Å². The highest BCUT2D eigenvalue weighted by atomic mass is 35.5. The molecule has 0 spiro atoms. The zero-order valence-electron chi connectivity index (χ0n) is 18.8. The van der Waals surface area contributed by atoms with Crippen molar-refractivity contribution in [3.8, 4) is 0 Å². The van der Waals surface area contributed by atoms with Gasteiger partial charge in [-0.05, 0) is 54.7 Å². The molecule has 1 heterocycles. The number of para-hydroxylation sites is 1. The lowest BCUT2D eigenvalue weighted by atomic mass is 9.94. The molecule has 1 aliphatic carbocycles. The molecule has 1 aromatic heterocycles. The lowest BCUT2D eigenvalue weighted by molar-refractivity contribution is 0.161. The number of carbonyl (C=O) groups excluding carboxylic acids is 1. The van der Waals surface area contributed by atoms with Gasteiger partial charge in [0.25, 0.3) is 0 Å². The average Bonchev–Trinajstić information content (AvgIpc) is 3.26. The number of nitrogens with zero attached hydrogens (tertiary/aromatic N) is 2. The van der Waals surface area contributed by atoms with Gasteiger partial charge in [-0.25, -0.2) is 4.79 Å². The molecule has 1 fully saturated rings. The van der Waals surface area contributed by atoms with Crippen molar-refractivity contribution in [1.82, 2.24) is 9.47 Å². The number of hydrogen-bond donors (Lipinski definition) is 1. The number of carbonyl (C=O) groups is 1. The van der Waals surface area contributed by atoms with Crippen LogP contribution in [0.1, 0.15) is 55.8 Å². The van der Waals surface area contributed by atoms with Crippen molar-refractivity contribution in [1.29, 1.82) is 0 Å². The number of rotatable bonds is 7. The Morgan fingerprint density at radius 2 is 1.72 bits per heavy atom. The lowest BCUT2D eigenvalue weighted by Crippen LogP contribution is -2.43. The fraction of sp³-hybridized carbons (Fsp3) is 0.370. The second-order valence-electron chi connectivity index (χ2n) is 8.58. The van der Waals surface area contributed by atoms with E-state index < -0.39 is 0 Å². The second-order valence-corrected chi connectivity index (χ2v) is 8.99. The summed E-state index contributed by atoms with van der Waals surface area (Å²) in [5, 5.41) is 3.97. The van der Waals surface area contributed by atoms with Crippen LogP contribution in [0.4, 0.5) is 10.5 Å². The summed E-state index contributed by atoms with van der Waals surface area (Å²) in [7, 11) is 0. The molecule has 3 aromatic rings. The van der Waals surface area contributed by atoms with Crippen LogP contribution >= 0.6 is 11.6 Å². The maximum atomic E-state index is 13.5. The van der Waals surface area contributed by atoms with Crippen LogP contribution in [0.25, 0.3) is 0 Å². The van der Waals surface area contributed by atoms with Gasteiger partial charge < -0.3 is 14.8 Å². The number of benzene rings is 2.